The number of rotatable bonds is 4. The Morgan fingerprint density at radius 3 is 2.70 bits per heavy atom. The molecule has 4 heterocycles. The Labute approximate surface area is 175 Å². The van der Waals surface area contributed by atoms with Crippen molar-refractivity contribution >= 4 is 5.91 Å². The maximum atomic E-state index is 13.5. The highest BCUT2D eigenvalue weighted by Crippen LogP contribution is 2.28. The summed E-state index contributed by atoms with van der Waals surface area (Å²) >= 11 is 0. The van der Waals surface area contributed by atoms with E-state index in [1.807, 2.05) is 18.0 Å². The number of hydrogen-bond acceptors (Lipinski definition) is 6. The van der Waals surface area contributed by atoms with Gasteiger partial charge in [0.15, 0.2) is 5.82 Å². The molecule has 1 aliphatic rings. The predicted octanol–water partition coefficient (Wildman–Crippen LogP) is 2.26. The lowest BCUT2D eigenvalue weighted by molar-refractivity contribution is 0.0533. The molecule has 9 heteroatoms. The van der Waals surface area contributed by atoms with Crippen LogP contribution in [0.5, 0.6) is 0 Å². The number of aryl methyl sites for hydroxylation is 1. The summed E-state index contributed by atoms with van der Waals surface area (Å²) in [5.41, 5.74) is 0.974. The number of pyridine rings is 1. The standard InChI is InChI=1S/C21H27N7O2/c1-14-10-23-27(12-14)19-17(6-5-9-22-19)20(29)26-13-16(8-7-15(26)2)28-24-11-18(25-28)21(3,4)30/h5-6,9-12,15-16,30H,7-8,13H2,1-4H3/t15-,16-/m1/s1. The Balaban J connectivity index is 1.60. The third-order valence-corrected chi connectivity index (χ3v) is 5.53. The molecule has 0 unspecified atom stereocenters. The molecular weight excluding hydrogens is 382 g/mol. The van der Waals surface area contributed by atoms with Crippen molar-refractivity contribution < 1.29 is 9.90 Å². The van der Waals surface area contributed by atoms with Crippen LogP contribution in [-0.2, 0) is 5.60 Å². The van der Waals surface area contributed by atoms with Crippen molar-refractivity contribution in [3.05, 3.63) is 53.7 Å². The van der Waals surface area contributed by atoms with Crippen molar-refractivity contribution in [3.63, 3.8) is 0 Å². The molecule has 1 amide bonds. The summed E-state index contributed by atoms with van der Waals surface area (Å²) in [6, 6.07) is 3.60. The van der Waals surface area contributed by atoms with Crippen LogP contribution in [0, 0.1) is 6.92 Å². The molecule has 158 valence electrons. The molecule has 3 aromatic heterocycles. The smallest absolute Gasteiger partial charge is 0.258 e. The van der Waals surface area contributed by atoms with Crippen molar-refractivity contribution in [3.8, 4) is 5.82 Å². The molecule has 4 rings (SSSR count). The second-order valence-electron chi connectivity index (χ2n) is 8.48. The fraction of sp³-hybridized carbons (Fsp3) is 0.476. The van der Waals surface area contributed by atoms with E-state index < -0.39 is 5.60 Å². The van der Waals surface area contributed by atoms with Gasteiger partial charge in [0.2, 0.25) is 0 Å². The van der Waals surface area contributed by atoms with Crippen LogP contribution in [0.2, 0.25) is 0 Å². The lowest BCUT2D eigenvalue weighted by atomic mass is 9.98. The van der Waals surface area contributed by atoms with E-state index in [4.69, 9.17) is 0 Å². The molecule has 0 bridgehead atoms. The molecule has 2 atom stereocenters. The van der Waals surface area contributed by atoms with Crippen molar-refractivity contribution in [2.45, 2.75) is 58.2 Å². The average molecular weight is 409 g/mol. The molecule has 1 fully saturated rings. The largest absolute Gasteiger partial charge is 0.384 e. The Kier molecular flexibility index (Phi) is 5.15. The fourth-order valence-corrected chi connectivity index (χ4v) is 3.72. The Bertz CT molecular complexity index is 1050. The molecule has 3 aromatic rings. The van der Waals surface area contributed by atoms with Crippen LogP contribution in [0.3, 0.4) is 0 Å². The molecule has 1 aliphatic heterocycles. The van der Waals surface area contributed by atoms with Crippen molar-refractivity contribution in [1.82, 2.24) is 34.7 Å². The normalized spacial score (nSPS) is 19.8. The van der Waals surface area contributed by atoms with Crippen LogP contribution in [0.4, 0.5) is 0 Å². The topological polar surface area (TPSA) is 102 Å². The zero-order valence-electron chi connectivity index (χ0n) is 17.7. The monoisotopic (exact) mass is 409 g/mol. The van der Waals surface area contributed by atoms with Crippen molar-refractivity contribution in [2.75, 3.05) is 6.54 Å². The van der Waals surface area contributed by atoms with E-state index in [0.717, 1.165) is 18.4 Å². The number of aromatic nitrogens is 6. The first kappa shape index (κ1) is 20.2. The fourth-order valence-electron chi connectivity index (χ4n) is 3.72. The highest BCUT2D eigenvalue weighted by molar-refractivity contribution is 5.97. The number of nitrogens with zero attached hydrogens (tertiary/aromatic N) is 7. The van der Waals surface area contributed by atoms with Gasteiger partial charge in [0.1, 0.15) is 11.3 Å². The number of piperidine rings is 1. The molecule has 0 radical (unpaired) electrons. The average Bonchev–Trinajstić information content (AvgIpc) is 3.37. The van der Waals surface area contributed by atoms with E-state index in [-0.39, 0.29) is 18.0 Å². The first-order valence-corrected chi connectivity index (χ1v) is 10.2. The second-order valence-corrected chi connectivity index (χ2v) is 8.48. The summed E-state index contributed by atoms with van der Waals surface area (Å²) in [5, 5.41) is 23.3. The van der Waals surface area contributed by atoms with Gasteiger partial charge in [-0.3, -0.25) is 4.79 Å². The highest BCUT2D eigenvalue weighted by Gasteiger charge is 2.33. The molecule has 0 spiro atoms. The number of likely N-dealkylation sites (tertiary alicyclic amines) is 1. The number of carbonyl (C=O) groups is 1. The molecule has 1 N–H and O–H groups in total. The van der Waals surface area contributed by atoms with Crippen LogP contribution in [0.25, 0.3) is 5.82 Å². The van der Waals surface area contributed by atoms with Crippen LogP contribution >= 0.6 is 0 Å². The first-order chi connectivity index (χ1) is 14.2. The van der Waals surface area contributed by atoms with Gasteiger partial charge in [-0.05, 0) is 58.2 Å². The first-order valence-electron chi connectivity index (χ1n) is 10.2. The number of aliphatic hydroxyl groups is 1. The molecule has 0 aromatic carbocycles. The molecule has 0 aliphatic carbocycles. The van der Waals surface area contributed by atoms with E-state index in [1.165, 1.54) is 0 Å². The quantitative estimate of drug-likeness (QED) is 0.709. The van der Waals surface area contributed by atoms with E-state index >= 15 is 0 Å². The zero-order chi connectivity index (χ0) is 21.5. The summed E-state index contributed by atoms with van der Waals surface area (Å²) in [4.78, 5) is 21.4. The van der Waals surface area contributed by atoms with E-state index in [2.05, 4.69) is 27.2 Å². The minimum atomic E-state index is -1.05. The summed E-state index contributed by atoms with van der Waals surface area (Å²) in [6.07, 6.45) is 8.55. The lowest BCUT2D eigenvalue weighted by Gasteiger charge is -2.37. The summed E-state index contributed by atoms with van der Waals surface area (Å²) in [7, 11) is 0. The number of carbonyl (C=O) groups excluding carboxylic acids is 1. The zero-order valence-corrected chi connectivity index (χ0v) is 17.7. The van der Waals surface area contributed by atoms with Crippen LogP contribution in [0.15, 0.2) is 36.9 Å². The molecule has 0 saturated carbocycles. The van der Waals surface area contributed by atoms with Gasteiger partial charge in [-0.2, -0.15) is 20.1 Å². The maximum absolute atomic E-state index is 13.5. The molecule has 30 heavy (non-hydrogen) atoms. The van der Waals surface area contributed by atoms with Crippen LogP contribution in [-0.4, -0.2) is 58.3 Å². The van der Waals surface area contributed by atoms with Gasteiger partial charge in [-0.15, -0.1) is 0 Å². The van der Waals surface area contributed by atoms with E-state index in [1.54, 1.807) is 54.0 Å². The van der Waals surface area contributed by atoms with Crippen LogP contribution < -0.4 is 0 Å². The summed E-state index contributed by atoms with van der Waals surface area (Å²) in [6.45, 7) is 7.86. The molecule has 1 saturated heterocycles. The van der Waals surface area contributed by atoms with Gasteiger partial charge in [-0.1, -0.05) is 0 Å². The minimum absolute atomic E-state index is 0.0479. The van der Waals surface area contributed by atoms with Gasteiger partial charge in [0, 0.05) is 25.0 Å². The molecular formula is C21H27N7O2. The highest BCUT2D eigenvalue weighted by atomic mass is 16.3. The van der Waals surface area contributed by atoms with Gasteiger partial charge < -0.3 is 10.0 Å². The Morgan fingerprint density at radius 1 is 1.23 bits per heavy atom. The second kappa shape index (κ2) is 7.64. The van der Waals surface area contributed by atoms with Gasteiger partial charge >= 0.3 is 0 Å². The SMILES string of the molecule is Cc1cnn(-c2ncccc2C(=O)N2C[C@H](n3ncc(C(C)(C)O)n3)CC[C@H]2C)c1. The van der Waals surface area contributed by atoms with Gasteiger partial charge in [0.25, 0.3) is 5.91 Å². The number of hydrogen-bond donors (Lipinski definition) is 1. The van der Waals surface area contributed by atoms with E-state index in [9.17, 15) is 9.90 Å². The van der Waals surface area contributed by atoms with Crippen LogP contribution in [0.1, 0.15) is 61.3 Å². The predicted molar refractivity (Wildman–Crippen MR) is 110 cm³/mol. The molecule has 9 nitrogen and oxygen atoms in total. The van der Waals surface area contributed by atoms with Gasteiger partial charge in [-0.25, -0.2) is 9.67 Å². The maximum Gasteiger partial charge on any atom is 0.258 e. The number of amides is 1. The Morgan fingerprint density at radius 2 is 2.03 bits per heavy atom. The summed E-state index contributed by atoms with van der Waals surface area (Å²) < 4.78 is 1.64. The van der Waals surface area contributed by atoms with Crippen molar-refractivity contribution in [1.29, 1.82) is 0 Å². The Hall–Kier alpha value is -3.07. The third-order valence-electron chi connectivity index (χ3n) is 5.53. The minimum Gasteiger partial charge on any atom is -0.384 e. The van der Waals surface area contributed by atoms with E-state index in [0.29, 0.717) is 23.6 Å². The van der Waals surface area contributed by atoms with Gasteiger partial charge in [0.05, 0.1) is 24.0 Å². The van der Waals surface area contributed by atoms with Crippen molar-refractivity contribution in [2.24, 2.45) is 0 Å². The summed E-state index contributed by atoms with van der Waals surface area (Å²) in [5.74, 6) is 0.435. The lowest BCUT2D eigenvalue weighted by Crippen LogP contribution is -2.46. The third kappa shape index (κ3) is 3.85.